The average Bonchev–Trinajstić information content (AvgIpc) is 3.49. The maximum absolute atomic E-state index is 14.2. The molecule has 1 aromatic heterocycles. The van der Waals surface area contributed by atoms with Crippen molar-refractivity contribution in [2.24, 2.45) is 13.0 Å². The number of aryl methyl sites for hydroxylation is 1. The second kappa shape index (κ2) is 12.1. The third-order valence-electron chi connectivity index (χ3n) is 8.68. The zero-order valence-corrected chi connectivity index (χ0v) is 24.5. The minimum Gasteiger partial charge on any atom is -0.475 e. The molecule has 2 aliphatic heterocycles. The number of amides is 1. The molecule has 1 atom stereocenters. The summed E-state index contributed by atoms with van der Waals surface area (Å²) in [5, 5.41) is 22.2. The fourth-order valence-electron chi connectivity index (χ4n) is 5.87. The average molecular weight is 639 g/mol. The van der Waals surface area contributed by atoms with E-state index in [1.54, 1.807) is 18.5 Å². The number of nitrogens with zero attached hydrogens (tertiary/aromatic N) is 4. The first kappa shape index (κ1) is 32.4. The quantitative estimate of drug-likeness (QED) is 0.312. The van der Waals surface area contributed by atoms with Gasteiger partial charge in [0.2, 0.25) is 0 Å². The predicted molar refractivity (Wildman–Crippen MR) is 150 cm³/mol. The van der Waals surface area contributed by atoms with E-state index < -0.39 is 29.8 Å². The van der Waals surface area contributed by atoms with E-state index in [-0.39, 0.29) is 29.1 Å². The summed E-state index contributed by atoms with van der Waals surface area (Å²) in [6.07, 6.45) is -4.86. The Hall–Kier alpha value is -3.98. The number of anilines is 1. The molecule has 2 aromatic carbocycles. The number of hydrogen-bond donors (Lipinski definition) is 3. The molecule has 3 aliphatic rings. The van der Waals surface area contributed by atoms with E-state index >= 15 is 0 Å². The van der Waals surface area contributed by atoms with E-state index in [9.17, 15) is 31.1 Å². The number of alkyl halides is 6. The molecule has 0 radical (unpaired) electrons. The Morgan fingerprint density at radius 3 is 2.36 bits per heavy atom. The van der Waals surface area contributed by atoms with Gasteiger partial charge in [-0.05, 0) is 73.1 Å². The normalized spacial score (nSPS) is 18.4. The van der Waals surface area contributed by atoms with Crippen molar-refractivity contribution >= 4 is 17.6 Å². The molecular formula is C30H32F6N6O3. The molecule has 1 saturated carbocycles. The number of rotatable bonds is 7. The van der Waals surface area contributed by atoms with Crippen LogP contribution in [0.4, 0.5) is 32.0 Å². The van der Waals surface area contributed by atoms with Crippen LogP contribution in [0, 0.1) is 5.92 Å². The number of carbonyl (C=O) groups excluding carboxylic acids is 1. The molecule has 0 bridgehead atoms. The molecule has 2 fully saturated rings. The van der Waals surface area contributed by atoms with Crippen molar-refractivity contribution in [2.45, 2.75) is 63.1 Å². The molecule has 15 heteroatoms. The number of aliphatic carboxylic acids is 1. The third kappa shape index (κ3) is 6.83. The number of halogens is 6. The highest BCUT2D eigenvalue weighted by Gasteiger charge is 2.41. The fraction of sp³-hybridized carbons (Fsp3) is 0.467. The zero-order valence-electron chi connectivity index (χ0n) is 24.5. The first-order chi connectivity index (χ1) is 21.1. The van der Waals surface area contributed by atoms with Gasteiger partial charge in [-0.3, -0.25) is 4.79 Å². The van der Waals surface area contributed by atoms with Crippen LogP contribution in [0.2, 0.25) is 0 Å². The van der Waals surface area contributed by atoms with Crippen molar-refractivity contribution in [1.29, 1.82) is 0 Å². The van der Waals surface area contributed by atoms with Gasteiger partial charge >= 0.3 is 18.3 Å². The Morgan fingerprint density at radius 1 is 1.16 bits per heavy atom. The van der Waals surface area contributed by atoms with Gasteiger partial charge in [-0.1, -0.05) is 12.1 Å². The molecule has 1 unspecified atom stereocenters. The van der Waals surface area contributed by atoms with E-state index in [4.69, 9.17) is 9.90 Å². The number of carboxylic acids is 1. The van der Waals surface area contributed by atoms with Crippen molar-refractivity contribution in [3.63, 3.8) is 0 Å². The SMILES string of the molecule is Cn1cnnc1C(c1cccc(N2Cc3c(cc(CNC4(C)CCC4)cc3C(F)(F)F)C2=O)c1)C1CNC1.O=C(O)C(F)(F)F. The van der Waals surface area contributed by atoms with Crippen LogP contribution >= 0.6 is 0 Å². The maximum Gasteiger partial charge on any atom is 0.490 e. The topological polar surface area (TPSA) is 112 Å². The Bertz CT molecular complexity index is 1580. The Balaban J connectivity index is 0.000000515. The monoisotopic (exact) mass is 638 g/mol. The number of benzene rings is 2. The van der Waals surface area contributed by atoms with Gasteiger partial charge in [0.25, 0.3) is 5.91 Å². The number of carboxylic acid groups (broad SMARTS) is 1. The van der Waals surface area contributed by atoms with Crippen LogP contribution in [-0.2, 0) is 31.1 Å². The number of carbonyl (C=O) groups is 2. The summed E-state index contributed by atoms with van der Waals surface area (Å²) < 4.78 is 76.1. The van der Waals surface area contributed by atoms with Gasteiger partial charge < -0.3 is 25.2 Å². The molecule has 3 N–H and O–H groups in total. The lowest BCUT2D eigenvalue weighted by Gasteiger charge is -2.39. The Morgan fingerprint density at radius 2 is 1.84 bits per heavy atom. The second-order valence-corrected chi connectivity index (χ2v) is 11.9. The van der Waals surface area contributed by atoms with Gasteiger partial charge in [-0.25, -0.2) is 4.79 Å². The Labute approximate surface area is 254 Å². The van der Waals surface area contributed by atoms with Crippen LogP contribution in [0.5, 0.6) is 0 Å². The van der Waals surface area contributed by atoms with Gasteiger partial charge in [-0.15, -0.1) is 10.2 Å². The smallest absolute Gasteiger partial charge is 0.475 e. The van der Waals surface area contributed by atoms with Crippen molar-refractivity contribution in [3.8, 4) is 0 Å². The standard InChI is InChI=1S/C28H31F3N6O.C2HF3O2/c1-27(7-4-8-27)33-12-17-9-21-22(23(10-17)28(29,30)31)15-37(26(21)38)20-6-3-5-18(11-20)24(19-13-32-14-19)25-35-34-16-36(25)2;3-2(4,5)1(6)7/h3,5-6,9-11,16,19,24,32-33H,4,7-8,12-15H2,1-2H3;(H,6,7). The summed E-state index contributed by atoms with van der Waals surface area (Å²) in [6, 6.07) is 10.4. The van der Waals surface area contributed by atoms with Crippen LogP contribution < -0.4 is 15.5 Å². The molecule has 9 nitrogen and oxygen atoms in total. The van der Waals surface area contributed by atoms with Crippen molar-refractivity contribution in [2.75, 3.05) is 18.0 Å². The summed E-state index contributed by atoms with van der Waals surface area (Å²) in [4.78, 5) is 23.9. The zero-order chi connectivity index (χ0) is 32.7. The highest BCUT2D eigenvalue weighted by Crippen LogP contribution is 2.41. The van der Waals surface area contributed by atoms with Gasteiger partial charge in [-0.2, -0.15) is 26.3 Å². The highest BCUT2D eigenvalue weighted by atomic mass is 19.4. The third-order valence-corrected chi connectivity index (χ3v) is 8.68. The summed E-state index contributed by atoms with van der Waals surface area (Å²) in [6.45, 7) is 3.94. The lowest BCUT2D eigenvalue weighted by atomic mass is 9.78. The summed E-state index contributed by atoms with van der Waals surface area (Å²) >= 11 is 0. The van der Waals surface area contributed by atoms with E-state index in [1.165, 1.54) is 11.0 Å². The minimum absolute atomic E-state index is 0.0413. The lowest BCUT2D eigenvalue weighted by Crippen LogP contribution is -2.47. The van der Waals surface area contributed by atoms with Crippen molar-refractivity contribution in [1.82, 2.24) is 25.4 Å². The number of fused-ring (bicyclic) bond motifs is 1. The molecule has 3 aromatic rings. The van der Waals surface area contributed by atoms with Crippen LogP contribution in [0.3, 0.4) is 0 Å². The maximum atomic E-state index is 14.2. The van der Waals surface area contributed by atoms with Gasteiger partial charge in [0, 0.05) is 49.4 Å². The summed E-state index contributed by atoms with van der Waals surface area (Å²) in [5.41, 5.74) is 1.42. The van der Waals surface area contributed by atoms with Crippen LogP contribution in [0.1, 0.15) is 70.5 Å². The first-order valence-electron chi connectivity index (χ1n) is 14.3. The molecule has 0 spiro atoms. The van der Waals surface area contributed by atoms with Gasteiger partial charge in [0.15, 0.2) is 0 Å². The number of nitrogens with one attached hydrogen (secondary N) is 2. The first-order valence-corrected chi connectivity index (χ1v) is 14.3. The Kier molecular flexibility index (Phi) is 8.70. The molecule has 1 aliphatic carbocycles. The molecule has 1 saturated heterocycles. The predicted octanol–water partition coefficient (Wildman–Crippen LogP) is 5.01. The van der Waals surface area contributed by atoms with Gasteiger partial charge in [0.05, 0.1) is 12.1 Å². The lowest BCUT2D eigenvalue weighted by molar-refractivity contribution is -0.192. The van der Waals surface area contributed by atoms with Crippen LogP contribution in [0.25, 0.3) is 0 Å². The van der Waals surface area contributed by atoms with Gasteiger partial charge in [0.1, 0.15) is 12.2 Å². The number of aromatic nitrogens is 3. The van der Waals surface area contributed by atoms with Crippen molar-refractivity contribution < 1.29 is 41.0 Å². The molecular weight excluding hydrogens is 606 g/mol. The molecule has 6 rings (SSSR count). The second-order valence-electron chi connectivity index (χ2n) is 11.9. The van der Waals surface area contributed by atoms with Crippen LogP contribution in [-0.4, -0.2) is 56.6 Å². The fourth-order valence-corrected chi connectivity index (χ4v) is 5.87. The van der Waals surface area contributed by atoms with E-state index in [0.717, 1.165) is 43.7 Å². The van der Waals surface area contributed by atoms with Crippen molar-refractivity contribution in [3.05, 3.63) is 76.4 Å². The molecule has 3 heterocycles. The minimum atomic E-state index is -5.08. The molecule has 45 heavy (non-hydrogen) atoms. The summed E-state index contributed by atoms with van der Waals surface area (Å²) in [5.74, 6) is -2.07. The van der Waals surface area contributed by atoms with E-state index in [0.29, 0.717) is 23.7 Å². The molecule has 1 amide bonds. The number of hydrogen-bond acceptors (Lipinski definition) is 6. The largest absolute Gasteiger partial charge is 0.490 e. The molecule has 242 valence electrons. The van der Waals surface area contributed by atoms with E-state index in [1.807, 2.05) is 29.8 Å². The summed E-state index contributed by atoms with van der Waals surface area (Å²) in [7, 11) is 1.90. The highest BCUT2D eigenvalue weighted by molar-refractivity contribution is 6.10. The van der Waals surface area contributed by atoms with Crippen LogP contribution in [0.15, 0.2) is 42.7 Å². The van der Waals surface area contributed by atoms with E-state index in [2.05, 4.69) is 27.8 Å².